The number of hydrogen-bond acceptors (Lipinski definition) is 2. The average molecular weight is 262 g/mol. The highest BCUT2D eigenvalue weighted by Gasteiger charge is 2.26. The minimum atomic E-state index is -0.401. The zero-order valence-electron chi connectivity index (χ0n) is 12.9. The van der Waals surface area contributed by atoms with Crippen molar-refractivity contribution in [2.45, 2.75) is 40.7 Å². The van der Waals surface area contributed by atoms with Crippen LogP contribution in [0.25, 0.3) is 0 Å². The summed E-state index contributed by atoms with van der Waals surface area (Å²) in [6.45, 7) is 10.9. The molecule has 0 saturated heterocycles. The molecule has 0 aromatic heterocycles. The lowest BCUT2D eigenvalue weighted by molar-refractivity contribution is -0.128. The maximum absolute atomic E-state index is 11.7. The number of amides is 1. The van der Waals surface area contributed by atoms with Crippen molar-refractivity contribution in [2.75, 3.05) is 13.6 Å². The van der Waals surface area contributed by atoms with Gasteiger partial charge < -0.3 is 10.6 Å². The van der Waals surface area contributed by atoms with Crippen molar-refractivity contribution in [1.82, 2.24) is 10.6 Å². The van der Waals surface area contributed by atoms with Crippen LogP contribution in [0, 0.1) is 19.3 Å². The summed E-state index contributed by atoms with van der Waals surface area (Å²) in [5.41, 5.74) is 3.46. The van der Waals surface area contributed by atoms with Gasteiger partial charge in [-0.15, -0.1) is 0 Å². The van der Waals surface area contributed by atoms with Crippen LogP contribution in [-0.4, -0.2) is 19.5 Å². The van der Waals surface area contributed by atoms with E-state index in [4.69, 9.17) is 0 Å². The average Bonchev–Trinajstić information content (AvgIpc) is 2.35. The largest absolute Gasteiger partial charge is 0.359 e. The lowest BCUT2D eigenvalue weighted by Crippen LogP contribution is -2.42. The molecule has 1 rings (SSSR count). The van der Waals surface area contributed by atoms with Crippen molar-refractivity contribution in [1.29, 1.82) is 0 Å². The quantitative estimate of drug-likeness (QED) is 0.856. The maximum atomic E-state index is 11.7. The topological polar surface area (TPSA) is 41.1 Å². The van der Waals surface area contributed by atoms with Gasteiger partial charge in [0.2, 0.25) is 5.91 Å². The van der Waals surface area contributed by atoms with Gasteiger partial charge in [0.25, 0.3) is 0 Å². The predicted molar refractivity (Wildman–Crippen MR) is 80.2 cm³/mol. The summed E-state index contributed by atoms with van der Waals surface area (Å²) in [7, 11) is 1.68. The standard InChI is InChI=1S/C16H26N2O/c1-11-7-8-14(12(2)9-11)13(3)18-10-16(4,5)15(19)17-6/h7-9,13,18H,10H2,1-6H3,(H,17,19). The molecule has 0 heterocycles. The normalized spacial score (nSPS) is 13.2. The van der Waals surface area contributed by atoms with Gasteiger partial charge in [-0.2, -0.15) is 0 Å². The maximum Gasteiger partial charge on any atom is 0.226 e. The van der Waals surface area contributed by atoms with E-state index in [0.717, 1.165) is 0 Å². The van der Waals surface area contributed by atoms with Crippen molar-refractivity contribution < 1.29 is 4.79 Å². The van der Waals surface area contributed by atoms with Crippen LogP contribution in [-0.2, 0) is 4.79 Å². The third-order valence-electron chi connectivity index (χ3n) is 3.58. The first-order chi connectivity index (χ1) is 8.77. The van der Waals surface area contributed by atoms with Crippen LogP contribution >= 0.6 is 0 Å². The summed E-state index contributed by atoms with van der Waals surface area (Å²) in [5.74, 6) is 0.0628. The van der Waals surface area contributed by atoms with Crippen LogP contribution in [0.5, 0.6) is 0 Å². The molecule has 1 atom stereocenters. The second-order valence-corrected chi connectivity index (χ2v) is 5.93. The van der Waals surface area contributed by atoms with Crippen LogP contribution in [0.2, 0.25) is 0 Å². The fraction of sp³-hybridized carbons (Fsp3) is 0.562. The molecule has 3 nitrogen and oxygen atoms in total. The van der Waals surface area contributed by atoms with E-state index in [9.17, 15) is 4.79 Å². The number of benzene rings is 1. The molecule has 0 aliphatic heterocycles. The van der Waals surface area contributed by atoms with E-state index < -0.39 is 5.41 Å². The Labute approximate surface area is 116 Å². The lowest BCUT2D eigenvalue weighted by atomic mass is 9.91. The third kappa shape index (κ3) is 4.06. The van der Waals surface area contributed by atoms with E-state index in [1.807, 2.05) is 13.8 Å². The Morgan fingerprint density at radius 3 is 2.47 bits per heavy atom. The number of nitrogens with one attached hydrogen (secondary N) is 2. The summed E-state index contributed by atoms with van der Waals surface area (Å²) >= 11 is 0. The number of rotatable bonds is 5. The van der Waals surface area contributed by atoms with Gasteiger partial charge in [0.05, 0.1) is 5.41 Å². The Morgan fingerprint density at radius 1 is 1.32 bits per heavy atom. The zero-order valence-corrected chi connectivity index (χ0v) is 12.9. The van der Waals surface area contributed by atoms with E-state index in [2.05, 4.69) is 49.6 Å². The lowest BCUT2D eigenvalue weighted by Gasteiger charge is -2.26. The zero-order chi connectivity index (χ0) is 14.6. The van der Waals surface area contributed by atoms with Gasteiger partial charge in [-0.05, 0) is 45.7 Å². The highest BCUT2D eigenvalue weighted by molar-refractivity contribution is 5.81. The first-order valence-electron chi connectivity index (χ1n) is 6.80. The SMILES string of the molecule is CNC(=O)C(C)(C)CNC(C)c1ccc(C)cc1C. The van der Waals surface area contributed by atoms with Crippen LogP contribution in [0.1, 0.15) is 43.5 Å². The van der Waals surface area contributed by atoms with Gasteiger partial charge in [-0.1, -0.05) is 23.8 Å². The first-order valence-corrected chi connectivity index (χ1v) is 6.80. The minimum Gasteiger partial charge on any atom is -0.359 e. The number of carbonyl (C=O) groups excluding carboxylic acids is 1. The van der Waals surface area contributed by atoms with Gasteiger partial charge in [0, 0.05) is 19.6 Å². The van der Waals surface area contributed by atoms with Crippen LogP contribution in [0.15, 0.2) is 18.2 Å². The molecule has 2 N–H and O–H groups in total. The number of hydrogen-bond donors (Lipinski definition) is 2. The van der Waals surface area contributed by atoms with Crippen molar-refractivity contribution in [2.24, 2.45) is 5.41 Å². The van der Waals surface area contributed by atoms with E-state index in [1.54, 1.807) is 7.05 Å². The highest BCUT2D eigenvalue weighted by Crippen LogP contribution is 2.21. The molecule has 0 aliphatic carbocycles. The highest BCUT2D eigenvalue weighted by atomic mass is 16.2. The molecule has 0 radical (unpaired) electrons. The van der Waals surface area contributed by atoms with Crippen molar-refractivity contribution >= 4 is 5.91 Å². The van der Waals surface area contributed by atoms with Crippen LogP contribution < -0.4 is 10.6 Å². The second-order valence-electron chi connectivity index (χ2n) is 5.93. The van der Waals surface area contributed by atoms with Crippen molar-refractivity contribution in [3.63, 3.8) is 0 Å². The summed E-state index contributed by atoms with van der Waals surface area (Å²) in [5, 5.41) is 6.16. The summed E-state index contributed by atoms with van der Waals surface area (Å²) in [4.78, 5) is 11.7. The molecule has 1 amide bonds. The van der Waals surface area contributed by atoms with E-state index >= 15 is 0 Å². The predicted octanol–water partition coefficient (Wildman–Crippen LogP) is 2.73. The summed E-state index contributed by atoms with van der Waals surface area (Å²) in [6.07, 6.45) is 0. The van der Waals surface area contributed by atoms with Gasteiger partial charge in [0.1, 0.15) is 0 Å². The monoisotopic (exact) mass is 262 g/mol. The van der Waals surface area contributed by atoms with E-state index in [1.165, 1.54) is 16.7 Å². The van der Waals surface area contributed by atoms with Crippen LogP contribution in [0.4, 0.5) is 0 Å². The molecule has 1 unspecified atom stereocenters. The molecule has 106 valence electrons. The number of aryl methyl sites for hydroxylation is 2. The summed E-state index contributed by atoms with van der Waals surface area (Å²) < 4.78 is 0. The molecule has 0 spiro atoms. The fourth-order valence-electron chi connectivity index (χ4n) is 2.25. The molecule has 0 aliphatic rings. The van der Waals surface area contributed by atoms with Crippen LogP contribution in [0.3, 0.4) is 0 Å². The molecular formula is C16H26N2O. The molecule has 0 bridgehead atoms. The van der Waals surface area contributed by atoms with Gasteiger partial charge in [-0.3, -0.25) is 4.79 Å². The molecule has 3 heteroatoms. The smallest absolute Gasteiger partial charge is 0.226 e. The minimum absolute atomic E-state index is 0.0628. The Bertz CT molecular complexity index is 452. The molecule has 0 saturated carbocycles. The Kier molecular flexibility index (Phi) is 5.12. The van der Waals surface area contributed by atoms with Gasteiger partial charge in [0.15, 0.2) is 0 Å². The summed E-state index contributed by atoms with van der Waals surface area (Å²) in [6, 6.07) is 6.72. The molecular weight excluding hydrogens is 236 g/mol. The van der Waals surface area contributed by atoms with Crippen molar-refractivity contribution in [3.8, 4) is 0 Å². The second kappa shape index (κ2) is 6.20. The Balaban J connectivity index is 2.70. The third-order valence-corrected chi connectivity index (χ3v) is 3.58. The molecule has 1 aromatic carbocycles. The fourth-order valence-corrected chi connectivity index (χ4v) is 2.25. The molecule has 19 heavy (non-hydrogen) atoms. The van der Waals surface area contributed by atoms with Gasteiger partial charge in [-0.25, -0.2) is 0 Å². The first kappa shape index (κ1) is 15.7. The van der Waals surface area contributed by atoms with E-state index in [0.29, 0.717) is 6.54 Å². The van der Waals surface area contributed by atoms with E-state index in [-0.39, 0.29) is 11.9 Å². The molecule has 0 fully saturated rings. The Hall–Kier alpha value is -1.35. The number of carbonyl (C=O) groups is 1. The molecule has 1 aromatic rings. The van der Waals surface area contributed by atoms with Crippen molar-refractivity contribution in [3.05, 3.63) is 34.9 Å². The van der Waals surface area contributed by atoms with Gasteiger partial charge >= 0.3 is 0 Å². The Morgan fingerprint density at radius 2 is 1.95 bits per heavy atom.